The molecule has 1 aliphatic heterocycles. The predicted octanol–water partition coefficient (Wildman–Crippen LogP) is 3.57. The van der Waals surface area contributed by atoms with Gasteiger partial charge in [-0.15, -0.1) is 0 Å². The van der Waals surface area contributed by atoms with Crippen LogP contribution in [-0.2, 0) is 18.3 Å². The Kier molecular flexibility index (Phi) is 5.05. The van der Waals surface area contributed by atoms with Crippen LogP contribution >= 0.6 is 0 Å². The van der Waals surface area contributed by atoms with Crippen LogP contribution in [0, 0.1) is 24.4 Å². The molecule has 5 rings (SSSR count). The number of aliphatic hydroxyl groups is 1. The molecule has 0 aliphatic carbocycles. The number of rotatable bonds is 3. The highest BCUT2D eigenvalue weighted by molar-refractivity contribution is 6.02. The summed E-state index contributed by atoms with van der Waals surface area (Å²) in [5.41, 5.74) is 7.88. The van der Waals surface area contributed by atoms with Crippen LogP contribution in [0.4, 0.5) is 24.7 Å². The van der Waals surface area contributed by atoms with E-state index in [4.69, 9.17) is 5.73 Å². The Morgan fingerprint density at radius 3 is 2.53 bits per heavy atom. The van der Waals surface area contributed by atoms with E-state index in [0.29, 0.717) is 39.7 Å². The normalized spacial score (nSPS) is 14.0. The average Bonchev–Trinajstić information content (AvgIpc) is 3.34. The van der Waals surface area contributed by atoms with Crippen molar-refractivity contribution in [3.63, 3.8) is 0 Å². The first-order valence-corrected chi connectivity index (χ1v) is 10.5. The smallest absolute Gasteiger partial charge is 0.260 e. The van der Waals surface area contributed by atoms with Crippen molar-refractivity contribution in [2.45, 2.75) is 19.4 Å². The van der Waals surface area contributed by atoms with Crippen molar-refractivity contribution in [1.82, 2.24) is 14.5 Å². The molecule has 0 bridgehead atoms. The summed E-state index contributed by atoms with van der Waals surface area (Å²) in [6, 6.07) is 5.54. The Labute approximate surface area is 192 Å². The van der Waals surface area contributed by atoms with Gasteiger partial charge in [-0.05, 0) is 43.2 Å². The van der Waals surface area contributed by atoms with Crippen molar-refractivity contribution < 1.29 is 23.1 Å². The number of nitrogens with zero attached hydrogens (tertiary/aromatic N) is 4. The van der Waals surface area contributed by atoms with Crippen molar-refractivity contribution in [1.29, 1.82) is 0 Å². The lowest BCUT2D eigenvalue weighted by molar-refractivity contribution is -0.126. The second-order valence-corrected chi connectivity index (χ2v) is 8.28. The van der Waals surface area contributed by atoms with Crippen molar-refractivity contribution in [3.8, 4) is 11.1 Å². The van der Waals surface area contributed by atoms with Gasteiger partial charge in [-0.3, -0.25) is 4.79 Å². The molecule has 174 valence electrons. The number of anilines is 2. The Bertz CT molecular complexity index is 1460. The molecule has 3 heterocycles. The van der Waals surface area contributed by atoms with Crippen LogP contribution in [0.15, 0.2) is 36.5 Å². The number of hydrogen-bond donors (Lipinski definition) is 2. The number of aromatic nitrogens is 3. The fourth-order valence-electron chi connectivity index (χ4n) is 4.52. The van der Waals surface area contributed by atoms with Crippen molar-refractivity contribution >= 4 is 28.4 Å². The zero-order valence-corrected chi connectivity index (χ0v) is 18.3. The van der Waals surface area contributed by atoms with Gasteiger partial charge in [0.1, 0.15) is 34.7 Å². The van der Waals surface area contributed by atoms with Crippen LogP contribution in [0.5, 0.6) is 0 Å². The van der Waals surface area contributed by atoms with Gasteiger partial charge in [0, 0.05) is 48.2 Å². The third-order valence-electron chi connectivity index (χ3n) is 6.04. The Morgan fingerprint density at radius 2 is 1.82 bits per heavy atom. The Morgan fingerprint density at radius 1 is 1.12 bits per heavy atom. The molecule has 0 unspecified atom stereocenters. The number of halogens is 3. The highest BCUT2D eigenvalue weighted by Gasteiger charge is 2.33. The number of nitrogen functional groups attached to an aromatic ring is 1. The maximum absolute atomic E-state index is 15.7. The second kappa shape index (κ2) is 7.84. The van der Waals surface area contributed by atoms with Gasteiger partial charge in [0.05, 0.1) is 5.39 Å². The SMILES string of the molecule is Cc1nc(N)c2c(-c3ccc4c(c3F)CCN4C(=O)[C@H](O)c3cc(F)cc(F)c3)cn(C)c2n1. The molecule has 0 fully saturated rings. The van der Waals surface area contributed by atoms with Crippen LogP contribution in [-0.4, -0.2) is 32.1 Å². The van der Waals surface area contributed by atoms with Crippen LogP contribution in [0.2, 0.25) is 0 Å². The van der Waals surface area contributed by atoms with E-state index in [1.165, 1.54) is 11.0 Å². The van der Waals surface area contributed by atoms with E-state index in [1.54, 1.807) is 30.8 Å². The third-order valence-corrected chi connectivity index (χ3v) is 6.04. The lowest BCUT2D eigenvalue weighted by Crippen LogP contribution is -2.33. The van der Waals surface area contributed by atoms with E-state index in [1.807, 2.05) is 0 Å². The zero-order chi connectivity index (χ0) is 24.3. The highest BCUT2D eigenvalue weighted by atomic mass is 19.1. The summed E-state index contributed by atoms with van der Waals surface area (Å²) in [7, 11) is 1.78. The van der Waals surface area contributed by atoms with E-state index in [9.17, 15) is 18.7 Å². The zero-order valence-electron chi connectivity index (χ0n) is 18.3. The molecule has 1 aliphatic rings. The molecular formula is C24H20F3N5O2. The molecule has 1 amide bonds. The molecular weight excluding hydrogens is 447 g/mol. The first-order chi connectivity index (χ1) is 16.2. The number of nitrogens with two attached hydrogens (primary N) is 1. The second-order valence-electron chi connectivity index (χ2n) is 8.28. The van der Waals surface area contributed by atoms with Crippen molar-refractivity contribution in [3.05, 3.63) is 70.9 Å². The topological polar surface area (TPSA) is 97.3 Å². The first kappa shape index (κ1) is 21.9. The molecule has 2 aromatic heterocycles. The number of benzene rings is 2. The van der Waals surface area contributed by atoms with Gasteiger partial charge in [0.15, 0.2) is 6.10 Å². The first-order valence-electron chi connectivity index (χ1n) is 10.5. The number of amides is 1. The van der Waals surface area contributed by atoms with Gasteiger partial charge in [0.25, 0.3) is 5.91 Å². The van der Waals surface area contributed by atoms with Gasteiger partial charge >= 0.3 is 0 Å². The number of aliphatic hydroxyl groups excluding tert-OH is 1. The monoisotopic (exact) mass is 467 g/mol. The van der Waals surface area contributed by atoms with Crippen LogP contribution in [0.3, 0.4) is 0 Å². The Hall–Kier alpha value is -3.92. The summed E-state index contributed by atoms with van der Waals surface area (Å²) in [6.45, 7) is 1.83. The molecule has 34 heavy (non-hydrogen) atoms. The largest absolute Gasteiger partial charge is 0.383 e. The van der Waals surface area contributed by atoms with Gasteiger partial charge in [0.2, 0.25) is 0 Å². The summed E-state index contributed by atoms with van der Waals surface area (Å²) in [5, 5.41) is 11.0. The summed E-state index contributed by atoms with van der Waals surface area (Å²) >= 11 is 0. The molecule has 10 heteroatoms. The number of fused-ring (bicyclic) bond motifs is 2. The molecule has 2 aromatic carbocycles. The molecule has 7 nitrogen and oxygen atoms in total. The summed E-state index contributed by atoms with van der Waals surface area (Å²) < 4.78 is 44.5. The summed E-state index contributed by atoms with van der Waals surface area (Å²) in [5.74, 6) is -2.40. The summed E-state index contributed by atoms with van der Waals surface area (Å²) in [4.78, 5) is 22.7. The van der Waals surface area contributed by atoms with Crippen LogP contribution < -0.4 is 10.6 Å². The lowest BCUT2D eigenvalue weighted by atomic mass is 10.0. The Balaban J connectivity index is 1.54. The van der Waals surface area contributed by atoms with E-state index in [2.05, 4.69) is 9.97 Å². The van der Waals surface area contributed by atoms with E-state index < -0.39 is 29.5 Å². The minimum absolute atomic E-state index is 0.114. The number of hydrogen-bond acceptors (Lipinski definition) is 5. The van der Waals surface area contributed by atoms with Crippen molar-refractivity contribution in [2.24, 2.45) is 7.05 Å². The molecule has 0 saturated carbocycles. The van der Waals surface area contributed by atoms with E-state index >= 15 is 4.39 Å². The molecule has 4 aromatic rings. The number of aryl methyl sites for hydroxylation is 2. The quantitative estimate of drug-likeness (QED) is 0.480. The fourth-order valence-corrected chi connectivity index (χ4v) is 4.52. The van der Waals surface area contributed by atoms with E-state index in [0.717, 1.165) is 12.1 Å². The van der Waals surface area contributed by atoms with Gasteiger partial charge in [-0.2, -0.15) is 0 Å². The number of carbonyl (C=O) groups excluding carboxylic acids is 1. The molecule has 0 radical (unpaired) electrons. The molecule has 0 saturated heterocycles. The maximum atomic E-state index is 15.7. The molecule has 0 spiro atoms. The maximum Gasteiger partial charge on any atom is 0.260 e. The van der Waals surface area contributed by atoms with E-state index in [-0.39, 0.29) is 29.9 Å². The van der Waals surface area contributed by atoms with Crippen LogP contribution in [0.25, 0.3) is 22.2 Å². The minimum atomic E-state index is -1.79. The third kappa shape index (κ3) is 3.38. The standard InChI is InChI=1S/C24H20F3N5O2/c1-11-29-22(28)19-17(10-31(2)23(19)30-11)15-3-4-18-16(20(15)27)5-6-32(18)24(34)21(33)12-7-13(25)9-14(26)8-12/h3-4,7-10,21,33H,5-6H2,1-2H3,(H2,28,29,30)/t21-/m1/s1. The lowest BCUT2D eigenvalue weighted by Gasteiger charge is -2.21. The van der Waals surface area contributed by atoms with Gasteiger partial charge < -0.3 is 20.3 Å². The van der Waals surface area contributed by atoms with Gasteiger partial charge in [-0.25, -0.2) is 23.1 Å². The van der Waals surface area contributed by atoms with Gasteiger partial charge in [-0.1, -0.05) is 0 Å². The predicted molar refractivity (Wildman–Crippen MR) is 120 cm³/mol. The molecule has 1 atom stereocenters. The van der Waals surface area contributed by atoms with Crippen molar-refractivity contribution in [2.75, 3.05) is 17.2 Å². The minimum Gasteiger partial charge on any atom is -0.383 e. The number of carbonyl (C=O) groups is 1. The fraction of sp³-hybridized carbons (Fsp3) is 0.208. The summed E-state index contributed by atoms with van der Waals surface area (Å²) in [6.07, 6.45) is 0.137. The highest BCUT2D eigenvalue weighted by Crippen LogP contribution is 2.40. The average molecular weight is 467 g/mol. The van der Waals surface area contributed by atoms with Crippen LogP contribution in [0.1, 0.15) is 23.1 Å². The molecule has 3 N–H and O–H groups in total.